The van der Waals surface area contributed by atoms with E-state index in [-0.39, 0.29) is 0 Å². The summed E-state index contributed by atoms with van der Waals surface area (Å²) >= 11 is 1.84. The van der Waals surface area contributed by atoms with Crippen LogP contribution in [0.15, 0.2) is 0 Å². The summed E-state index contributed by atoms with van der Waals surface area (Å²) in [5, 5.41) is 0. The van der Waals surface area contributed by atoms with E-state index in [1.807, 2.05) is 23.0 Å². The van der Waals surface area contributed by atoms with Gasteiger partial charge in [-0.05, 0) is 33.5 Å². The molecule has 0 aliphatic heterocycles. The third kappa shape index (κ3) is 6.99. The SMILES string of the molecule is CCN(C)CCC(C)NOI. The number of hydrogen-bond donors (Lipinski definition) is 1. The molecule has 0 aromatic heterocycles. The first-order valence-electron chi connectivity index (χ1n) is 3.92. The van der Waals surface area contributed by atoms with Gasteiger partial charge in [0.2, 0.25) is 0 Å². The van der Waals surface area contributed by atoms with Crippen molar-refractivity contribution >= 4 is 23.0 Å². The largest absolute Gasteiger partial charge is 0.307 e. The van der Waals surface area contributed by atoms with Crippen LogP contribution in [0, 0.1) is 0 Å². The molecule has 1 unspecified atom stereocenters. The van der Waals surface area contributed by atoms with Crippen molar-refractivity contribution in [3.63, 3.8) is 0 Å². The lowest BCUT2D eigenvalue weighted by Crippen LogP contribution is -2.29. The van der Waals surface area contributed by atoms with E-state index in [0.717, 1.165) is 19.5 Å². The Morgan fingerprint density at radius 1 is 1.64 bits per heavy atom. The first-order valence-corrected chi connectivity index (χ1v) is 4.80. The molecule has 0 aromatic rings. The minimum atomic E-state index is 0.431. The van der Waals surface area contributed by atoms with Crippen LogP contribution in [0.3, 0.4) is 0 Å². The second-order valence-electron chi connectivity index (χ2n) is 2.78. The monoisotopic (exact) mass is 272 g/mol. The molecule has 1 N–H and O–H groups in total. The molecular weight excluding hydrogens is 255 g/mol. The minimum Gasteiger partial charge on any atom is -0.307 e. The fourth-order valence-corrected chi connectivity index (χ4v) is 1.14. The Labute approximate surface area is 83.1 Å². The van der Waals surface area contributed by atoms with Gasteiger partial charge in [0.25, 0.3) is 0 Å². The van der Waals surface area contributed by atoms with Gasteiger partial charge in [-0.25, -0.2) is 3.17 Å². The highest BCUT2D eigenvalue weighted by Crippen LogP contribution is 1.94. The van der Waals surface area contributed by atoms with Gasteiger partial charge in [0.05, 0.1) is 0 Å². The van der Waals surface area contributed by atoms with Crippen LogP contribution in [0.25, 0.3) is 0 Å². The summed E-state index contributed by atoms with van der Waals surface area (Å²) in [6.07, 6.45) is 1.12. The van der Waals surface area contributed by atoms with Gasteiger partial charge in [0, 0.05) is 6.04 Å². The summed E-state index contributed by atoms with van der Waals surface area (Å²) in [6, 6.07) is 0.431. The van der Waals surface area contributed by atoms with Crippen LogP contribution in [-0.4, -0.2) is 31.1 Å². The van der Waals surface area contributed by atoms with Crippen LogP contribution < -0.4 is 5.48 Å². The quantitative estimate of drug-likeness (QED) is 0.587. The van der Waals surface area contributed by atoms with E-state index in [0.29, 0.717) is 6.04 Å². The smallest absolute Gasteiger partial charge is 0.136 e. The Morgan fingerprint density at radius 3 is 2.73 bits per heavy atom. The highest BCUT2D eigenvalue weighted by atomic mass is 127. The average molecular weight is 272 g/mol. The fraction of sp³-hybridized carbons (Fsp3) is 1.00. The summed E-state index contributed by atoms with van der Waals surface area (Å²) in [5.74, 6) is 0. The zero-order valence-corrected chi connectivity index (χ0v) is 9.59. The van der Waals surface area contributed by atoms with Gasteiger partial charge < -0.3 is 4.90 Å². The Morgan fingerprint density at radius 2 is 2.27 bits per heavy atom. The van der Waals surface area contributed by atoms with Crippen LogP contribution in [0.1, 0.15) is 20.3 Å². The zero-order valence-electron chi connectivity index (χ0n) is 7.43. The summed E-state index contributed by atoms with van der Waals surface area (Å²) in [7, 11) is 2.12. The highest BCUT2D eigenvalue weighted by molar-refractivity contribution is 14.1. The molecule has 0 fully saturated rings. The molecular formula is C7H17IN2O. The molecule has 4 heteroatoms. The second kappa shape index (κ2) is 7.27. The predicted octanol–water partition coefficient (Wildman–Crippen LogP) is 1.59. The van der Waals surface area contributed by atoms with Crippen LogP contribution in [0.4, 0.5) is 0 Å². The van der Waals surface area contributed by atoms with Gasteiger partial charge in [0.1, 0.15) is 23.0 Å². The molecule has 1 atom stereocenters. The predicted molar refractivity (Wildman–Crippen MR) is 55.5 cm³/mol. The molecule has 0 saturated carbocycles. The Hall–Kier alpha value is 0.610. The first kappa shape index (κ1) is 11.6. The maximum Gasteiger partial charge on any atom is 0.136 e. The summed E-state index contributed by atoms with van der Waals surface area (Å²) < 4.78 is 4.77. The summed E-state index contributed by atoms with van der Waals surface area (Å²) in [5.41, 5.74) is 2.88. The van der Waals surface area contributed by atoms with Gasteiger partial charge in [-0.15, -0.1) is 0 Å². The average Bonchev–Trinajstić information content (AvgIpc) is 2.01. The van der Waals surface area contributed by atoms with Gasteiger partial charge in [-0.1, -0.05) is 6.92 Å². The zero-order chi connectivity index (χ0) is 8.69. The molecule has 0 spiro atoms. The summed E-state index contributed by atoms with van der Waals surface area (Å²) in [6.45, 7) is 6.50. The topological polar surface area (TPSA) is 24.5 Å². The van der Waals surface area contributed by atoms with Crippen LogP contribution >= 0.6 is 23.0 Å². The van der Waals surface area contributed by atoms with Gasteiger partial charge in [0.15, 0.2) is 0 Å². The van der Waals surface area contributed by atoms with Crippen molar-refractivity contribution < 1.29 is 3.17 Å². The number of nitrogens with zero attached hydrogens (tertiary/aromatic N) is 1. The molecule has 0 heterocycles. The molecule has 0 bridgehead atoms. The van der Waals surface area contributed by atoms with Gasteiger partial charge >= 0.3 is 0 Å². The molecule has 0 aliphatic carbocycles. The molecule has 0 radical (unpaired) electrons. The number of hydrogen-bond acceptors (Lipinski definition) is 3. The van der Waals surface area contributed by atoms with E-state index in [1.54, 1.807) is 0 Å². The molecule has 68 valence electrons. The molecule has 0 aromatic carbocycles. The molecule has 0 rings (SSSR count). The van der Waals surface area contributed by atoms with Crippen molar-refractivity contribution in [2.24, 2.45) is 0 Å². The summed E-state index contributed by atoms with van der Waals surface area (Å²) in [4.78, 5) is 2.28. The van der Waals surface area contributed by atoms with Crippen molar-refractivity contribution in [2.75, 3.05) is 20.1 Å². The number of halogens is 1. The van der Waals surface area contributed by atoms with Crippen molar-refractivity contribution in [2.45, 2.75) is 26.3 Å². The van der Waals surface area contributed by atoms with Gasteiger partial charge in [-0.3, -0.25) is 0 Å². The third-order valence-corrected chi connectivity index (χ3v) is 1.98. The molecule has 0 saturated heterocycles. The van der Waals surface area contributed by atoms with Gasteiger partial charge in [-0.2, -0.15) is 5.48 Å². The standard InChI is InChI=1S/C7H17IN2O/c1-4-10(3)6-5-7(2)9-11-8/h7,9H,4-6H2,1-3H3. The lowest BCUT2D eigenvalue weighted by Gasteiger charge is -2.16. The van der Waals surface area contributed by atoms with E-state index in [2.05, 4.69) is 31.3 Å². The molecule has 0 amide bonds. The fourth-order valence-electron chi connectivity index (χ4n) is 0.707. The van der Waals surface area contributed by atoms with Crippen molar-refractivity contribution in [3.8, 4) is 0 Å². The Balaban J connectivity index is 3.22. The van der Waals surface area contributed by atoms with Crippen molar-refractivity contribution in [3.05, 3.63) is 0 Å². The van der Waals surface area contributed by atoms with Crippen LogP contribution in [0.5, 0.6) is 0 Å². The van der Waals surface area contributed by atoms with Crippen LogP contribution in [0.2, 0.25) is 0 Å². The lowest BCUT2D eigenvalue weighted by molar-refractivity contribution is 0.213. The Bertz CT molecular complexity index is 92.5. The van der Waals surface area contributed by atoms with E-state index in [4.69, 9.17) is 3.17 Å². The number of hydroxylamine groups is 1. The van der Waals surface area contributed by atoms with E-state index in [9.17, 15) is 0 Å². The molecule has 3 nitrogen and oxygen atoms in total. The van der Waals surface area contributed by atoms with Crippen LogP contribution in [-0.2, 0) is 3.17 Å². The first-order chi connectivity index (χ1) is 5.20. The molecule has 0 aliphatic rings. The van der Waals surface area contributed by atoms with E-state index < -0.39 is 0 Å². The highest BCUT2D eigenvalue weighted by Gasteiger charge is 2.01. The molecule has 11 heavy (non-hydrogen) atoms. The third-order valence-electron chi connectivity index (χ3n) is 1.73. The normalized spacial score (nSPS) is 13.9. The minimum absolute atomic E-state index is 0.431. The van der Waals surface area contributed by atoms with E-state index in [1.165, 1.54) is 0 Å². The number of nitrogens with one attached hydrogen (secondary N) is 1. The lowest BCUT2D eigenvalue weighted by atomic mass is 10.2. The maximum atomic E-state index is 4.77. The van der Waals surface area contributed by atoms with Crippen molar-refractivity contribution in [1.82, 2.24) is 10.4 Å². The Kier molecular flexibility index (Phi) is 7.67. The number of rotatable bonds is 6. The maximum absolute atomic E-state index is 4.77. The van der Waals surface area contributed by atoms with E-state index >= 15 is 0 Å². The second-order valence-corrected chi connectivity index (χ2v) is 3.22. The van der Waals surface area contributed by atoms with Crippen molar-refractivity contribution in [1.29, 1.82) is 0 Å².